The summed E-state index contributed by atoms with van der Waals surface area (Å²) in [6.45, 7) is 6.53. The molecule has 1 saturated heterocycles. The van der Waals surface area contributed by atoms with Gasteiger partial charge in [0.05, 0.1) is 6.04 Å². The van der Waals surface area contributed by atoms with Crippen LogP contribution in [0.5, 0.6) is 0 Å². The number of pyridine rings is 1. The minimum Gasteiger partial charge on any atom is -0.445 e. The van der Waals surface area contributed by atoms with Crippen molar-refractivity contribution in [2.24, 2.45) is 0 Å². The molecule has 0 spiro atoms. The van der Waals surface area contributed by atoms with E-state index in [1.807, 2.05) is 63.2 Å². The summed E-state index contributed by atoms with van der Waals surface area (Å²) in [6, 6.07) is 13.6. The Morgan fingerprint density at radius 1 is 1.03 bits per heavy atom. The lowest BCUT2D eigenvalue weighted by Crippen LogP contribution is -2.47. The van der Waals surface area contributed by atoms with Crippen molar-refractivity contribution in [3.8, 4) is 0 Å². The van der Waals surface area contributed by atoms with E-state index in [2.05, 4.69) is 4.98 Å². The van der Waals surface area contributed by atoms with Crippen molar-refractivity contribution in [3.05, 3.63) is 59.8 Å². The van der Waals surface area contributed by atoms with Crippen LogP contribution in [-0.4, -0.2) is 40.3 Å². The topological polar surface area (TPSA) is 72.0 Å². The predicted octanol–water partition coefficient (Wildman–Crippen LogP) is 6.24. The Morgan fingerprint density at radius 3 is 2.41 bits per heavy atom. The average Bonchev–Trinajstić information content (AvgIpc) is 2.79. The zero-order chi connectivity index (χ0) is 24.1. The van der Waals surface area contributed by atoms with E-state index in [1.54, 1.807) is 16.0 Å². The van der Waals surface area contributed by atoms with E-state index in [1.165, 1.54) is 0 Å². The summed E-state index contributed by atoms with van der Waals surface area (Å²) in [6.07, 6.45) is 6.99. The molecule has 1 saturated carbocycles. The van der Waals surface area contributed by atoms with Gasteiger partial charge in [0.25, 0.3) is 0 Å². The number of ether oxygens (including phenoxy) is 2. The molecule has 2 aromatic rings. The normalized spacial score (nSPS) is 18.7. The number of rotatable bonds is 5. The fraction of sp³-hybridized carbons (Fsp3) is 0.519. The van der Waals surface area contributed by atoms with E-state index >= 15 is 0 Å². The fourth-order valence-electron chi connectivity index (χ4n) is 4.42. The summed E-state index contributed by atoms with van der Waals surface area (Å²) in [7, 11) is 0. The molecule has 7 heteroatoms. The van der Waals surface area contributed by atoms with Crippen LogP contribution in [-0.2, 0) is 16.1 Å². The Labute approximate surface area is 202 Å². The van der Waals surface area contributed by atoms with Crippen LogP contribution in [0.3, 0.4) is 0 Å². The molecule has 1 aromatic carbocycles. The van der Waals surface area contributed by atoms with E-state index in [4.69, 9.17) is 9.47 Å². The number of aromatic nitrogens is 1. The second kappa shape index (κ2) is 10.5. The Hall–Kier alpha value is -3.09. The number of carbonyl (C=O) groups is 2. The fourth-order valence-corrected chi connectivity index (χ4v) is 4.42. The molecule has 0 radical (unpaired) electrons. The molecular formula is C27H35N3O4. The Morgan fingerprint density at radius 2 is 1.79 bits per heavy atom. The number of nitrogens with zero attached hydrogens (tertiary/aromatic N) is 3. The summed E-state index contributed by atoms with van der Waals surface area (Å²) in [5.74, 6) is 0.594. The maximum Gasteiger partial charge on any atom is 0.416 e. The number of amides is 2. The Bertz CT molecular complexity index is 968. The predicted molar refractivity (Wildman–Crippen MR) is 131 cm³/mol. The first-order valence-electron chi connectivity index (χ1n) is 12.3. The molecule has 1 aromatic heterocycles. The van der Waals surface area contributed by atoms with Gasteiger partial charge in [-0.1, -0.05) is 36.4 Å². The van der Waals surface area contributed by atoms with Crippen molar-refractivity contribution in [2.75, 3.05) is 11.4 Å². The number of benzene rings is 1. The van der Waals surface area contributed by atoms with Crippen LogP contribution in [0.2, 0.25) is 0 Å². The molecule has 1 atom stereocenters. The summed E-state index contributed by atoms with van der Waals surface area (Å²) in [4.78, 5) is 33.9. The van der Waals surface area contributed by atoms with Gasteiger partial charge >= 0.3 is 12.2 Å². The molecule has 2 amide bonds. The minimum absolute atomic E-state index is 0.0859. The SMILES string of the molecule is CC(C)(C)OC(=O)N(c1ccc(C2CCCCN2C(=O)OCc2ccccc2)cn1)C1CCC1. The van der Waals surface area contributed by atoms with E-state index < -0.39 is 5.60 Å². The van der Waals surface area contributed by atoms with E-state index in [0.29, 0.717) is 12.4 Å². The third kappa shape index (κ3) is 5.88. The second-order valence-corrected chi connectivity index (χ2v) is 10.1. The third-order valence-electron chi connectivity index (χ3n) is 6.37. The zero-order valence-corrected chi connectivity index (χ0v) is 20.4. The molecule has 1 aliphatic carbocycles. The van der Waals surface area contributed by atoms with Crippen LogP contribution in [0.25, 0.3) is 0 Å². The van der Waals surface area contributed by atoms with Crippen LogP contribution in [0.1, 0.15) is 76.5 Å². The molecule has 2 heterocycles. The highest BCUT2D eigenvalue weighted by Crippen LogP contribution is 2.34. The molecule has 1 aliphatic heterocycles. The van der Waals surface area contributed by atoms with Gasteiger partial charge in [0.2, 0.25) is 0 Å². The average molecular weight is 466 g/mol. The highest BCUT2D eigenvalue weighted by molar-refractivity contribution is 5.87. The van der Waals surface area contributed by atoms with Crippen LogP contribution in [0.15, 0.2) is 48.7 Å². The minimum atomic E-state index is -0.568. The lowest BCUT2D eigenvalue weighted by atomic mass is 9.91. The van der Waals surface area contributed by atoms with Crippen molar-refractivity contribution in [1.82, 2.24) is 9.88 Å². The maximum absolute atomic E-state index is 12.9. The molecule has 182 valence electrons. The molecule has 1 unspecified atom stereocenters. The lowest BCUT2D eigenvalue weighted by molar-refractivity contribution is 0.0548. The van der Waals surface area contributed by atoms with Gasteiger partial charge in [-0.15, -0.1) is 0 Å². The molecule has 0 bridgehead atoms. The van der Waals surface area contributed by atoms with Gasteiger partial charge < -0.3 is 14.4 Å². The first kappa shape index (κ1) is 24.0. The van der Waals surface area contributed by atoms with Gasteiger partial charge in [0.15, 0.2) is 0 Å². The highest BCUT2D eigenvalue weighted by Gasteiger charge is 2.35. The maximum atomic E-state index is 12.9. The number of piperidine rings is 1. The first-order valence-corrected chi connectivity index (χ1v) is 12.3. The van der Waals surface area contributed by atoms with Crippen LogP contribution < -0.4 is 4.90 Å². The Kier molecular flexibility index (Phi) is 7.39. The standard InChI is InChI=1S/C27H35N3O4/c1-27(2,3)34-26(32)30(22-12-9-13-22)24-16-15-21(18-28-24)23-14-7-8-17-29(23)25(31)33-19-20-10-5-4-6-11-20/h4-6,10-11,15-16,18,22-23H,7-9,12-14,17,19H2,1-3H3. The van der Waals surface area contributed by atoms with E-state index in [-0.39, 0.29) is 30.9 Å². The lowest BCUT2D eigenvalue weighted by Gasteiger charge is -2.38. The molecule has 0 N–H and O–H groups in total. The molecule has 2 aliphatic rings. The molecule has 4 rings (SSSR count). The molecule has 7 nitrogen and oxygen atoms in total. The molecule has 34 heavy (non-hydrogen) atoms. The van der Waals surface area contributed by atoms with Crippen molar-refractivity contribution >= 4 is 18.0 Å². The largest absolute Gasteiger partial charge is 0.445 e. The first-order chi connectivity index (χ1) is 16.3. The number of likely N-dealkylation sites (tertiary alicyclic amines) is 1. The monoisotopic (exact) mass is 465 g/mol. The van der Waals surface area contributed by atoms with Gasteiger partial charge in [-0.2, -0.15) is 0 Å². The summed E-state index contributed by atoms with van der Waals surface area (Å²) in [5, 5.41) is 0. The van der Waals surface area contributed by atoms with Crippen molar-refractivity contribution < 1.29 is 19.1 Å². The number of hydrogen-bond acceptors (Lipinski definition) is 5. The van der Waals surface area contributed by atoms with Gasteiger partial charge in [-0.05, 0) is 76.5 Å². The van der Waals surface area contributed by atoms with Crippen LogP contribution >= 0.6 is 0 Å². The van der Waals surface area contributed by atoms with Crippen LogP contribution in [0.4, 0.5) is 15.4 Å². The highest BCUT2D eigenvalue weighted by atomic mass is 16.6. The summed E-state index contributed by atoms with van der Waals surface area (Å²) < 4.78 is 11.3. The van der Waals surface area contributed by atoms with Gasteiger partial charge in [-0.3, -0.25) is 4.90 Å². The molecular weight excluding hydrogens is 430 g/mol. The molecule has 2 fully saturated rings. The van der Waals surface area contributed by atoms with Crippen molar-refractivity contribution in [1.29, 1.82) is 0 Å². The summed E-state index contributed by atoms with van der Waals surface area (Å²) in [5.41, 5.74) is 1.35. The van der Waals surface area contributed by atoms with Gasteiger partial charge in [-0.25, -0.2) is 14.6 Å². The number of carbonyl (C=O) groups excluding carboxylic acids is 2. The van der Waals surface area contributed by atoms with Crippen molar-refractivity contribution in [2.45, 2.75) is 83.6 Å². The Balaban J connectivity index is 1.47. The second-order valence-electron chi connectivity index (χ2n) is 10.1. The smallest absolute Gasteiger partial charge is 0.416 e. The third-order valence-corrected chi connectivity index (χ3v) is 6.37. The quantitative estimate of drug-likeness (QED) is 0.523. The number of anilines is 1. The van der Waals surface area contributed by atoms with Gasteiger partial charge in [0.1, 0.15) is 18.0 Å². The zero-order valence-electron chi connectivity index (χ0n) is 20.4. The number of hydrogen-bond donors (Lipinski definition) is 0. The van der Waals surface area contributed by atoms with E-state index in [9.17, 15) is 9.59 Å². The van der Waals surface area contributed by atoms with Gasteiger partial charge in [0, 0.05) is 18.8 Å². The van der Waals surface area contributed by atoms with E-state index in [0.717, 1.165) is 49.7 Å². The van der Waals surface area contributed by atoms with Crippen molar-refractivity contribution in [3.63, 3.8) is 0 Å². The summed E-state index contributed by atoms with van der Waals surface area (Å²) >= 11 is 0. The van der Waals surface area contributed by atoms with Crippen LogP contribution in [0, 0.1) is 0 Å².